The Kier molecular flexibility index (Phi) is 5.63. The summed E-state index contributed by atoms with van der Waals surface area (Å²) in [4.78, 5) is 25.8. The number of hydrogen-bond donors (Lipinski definition) is 1. The van der Waals surface area contributed by atoms with Gasteiger partial charge in [-0.15, -0.1) is 0 Å². The number of carbonyl (C=O) groups is 2. The summed E-state index contributed by atoms with van der Waals surface area (Å²) in [6, 6.07) is 14.2. The van der Waals surface area contributed by atoms with Gasteiger partial charge in [0, 0.05) is 11.9 Å². The van der Waals surface area contributed by atoms with Crippen LogP contribution in [0.15, 0.2) is 48.5 Å². The largest absolute Gasteiger partial charge is 0.492 e. The van der Waals surface area contributed by atoms with Gasteiger partial charge in [0.05, 0.1) is 18.8 Å². The molecule has 1 N–H and O–H groups in total. The maximum absolute atomic E-state index is 12.4. The first-order valence-corrected chi connectivity index (χ1v) is 8.62. The number of benzene rings is 2. The van der Waals surface area contributed by atoms with E-state index in [0.717, 1.165) is 0 Å². The molecule has 7 heteroatoms. The first-order chi connectivity index (χ1) is 12.5. The molecule has 1 aliphatic heterocycles. The molecule has 0 fully saturated rings. The Morgan fingerprint density at radius 3 is 2.69 bits per heavy atom. The molecule has 6 nitrogen and oxygen atoms in total. The standard InChI is InChI=1S/C19H19ClN2O4/c1-13(23)22-12-18(26-17-5-3-2-4-16(17)22)19(24)21-10-11-25-15-8-6-14(20)7-9-15/h2-9,18H,10-12H2,1H3,(H,21,24)/t18-/m0/s1. The summed E-state index contributed by atoms with van der Waals surface area (Å²) in [5, 5.41) is 3.41. The van der Waals surface area contributed by atoms with Gasteiger partial charge in [-0.1, -0.05) is 23.7 Å². The fourth-order valence-electron chi connectivity index (χ4n) is 2.66. The summed E-state index contributed by atoms with van der Waals surface area (Å²) in [6.07, 6.45) is -0.760. The molecule has 0 saturated heterocycles. The van der Waals surface area contributed by atoms with Gasteiger partial charge in [0.2, 0.25) is 5.91 Å². The number of carbonyl (C=O) groups excluding carboxylic acids is 2. The molecular formula is C19H19ClN2O4. The van der Waals surface area contributed by atoms with Gasteiger partial charge in [-0.3, -0.25) is 9.59 Å². The number of amides is 2. The summed E-state index contributed by atoms with van der Waals surface area (Å²) in [6.45, 7) is 2.28. The van der Waals surface area contributed by atoms with Crippen LogP contribution in [0.3, 0.4) is 0 Å². The number of hydrogen-bond acceptors (Lipinski definition) is 4. The Hall–Kier alpha value is -2.73. The quantitative estimate of drug-likeness (QED) is 0.817. The second-order valence-corrected chi connectivity index (χ2v) is 6.23. The third-order valence-corrected chi connectivity index (χ3v) is 4.18. The van der Waals surface area contributed by atoms with Crippen molar-refractivity contribution in [3.05, 3.63) is 53.6 Å². The summed E-state index contributed by atoms with van der Waals surface area (Å²) in [7, 11) is 0. The molecule has 136 valence electrons. The maximum atomic E-state index is 12.4. The van der Waals surface area contributed by atoms with Crippen molar-refractivity contribution in [3.63, 3.8) is 0 Å². The highest BCUT2D eigenvalue weighted by Crippen LogP contribution is 2.33. The number of halogens is 1. The first kappa shape index (κ1) is 18.1. The molecular weight excluding hydrogens is 356 g/mol. The molecule has 0 aromatic heterocycles. The molecule has 0 spiro atoms. The fourth-order valence-corrected chi connectivity index (χ4v) is 2.78. The van der Waals surface area contributed by atoms with Crippen molar-refractivity contribution in [2.24, 2.45) is 0 Å². The van der Waals surface area contributed by atoms with Crippen molar-refractivity contribution in [1.29, 1.82) is 0 Å². The molecule has 0 bridgehead atoms. The third-order valence-electron chi connectivity index (χ3n) is 3.93. The molecule has 0 saturated carbocycles. The van der Waals surface area contributed by atoms with Gasteiger partial charge in [-0.05, 0) is 36.4 Å². The van der Waals surface area contributed by atoms with Crippen LogP contribution in [0.1, 0.15) is 6.92 Å². The lowest BCUT2D eigenvalue weighted by atomic mass is 10.1. The molecule has 1 aliphatic rings. The van der Waals surface area contributed by atoms with Crippen LogP contribution in [0.4, 0.5) is 5.69 Å². The van der Waals surface area contributed by atoms with Gasteiger partial charge >= 0.3 is 0 Å². The van der Waals surface area contributed by atoms with E-state index in [1.54, 1.807) is 47.4 Å². The third kappa shape index (κ3) is 4.26. The molecule has 0 radical (unpaired) electrons. The summed E-state index contributed by atoms with van der Waals surface area (Å²) >= 11 is 5.82. The van der Waals surface area contributed by atoms with Crippen molar-refractivity contribution < 1.29 is 19.1 Å². The van der Waals surface area contributed by atoms with Crippen LogP contribution in [-0.2, 0) is 9.59 Å². The molecule has 26 heavy (non-hydrogen) atoms. The smallest absolute Gasteiger partial charge is 0.263 e. The highest BCUT2D eigenvalue weighted by molar-refractivity contribution is 6.30. The molecule has 0 unspecified atom stereocenters. The average Bonchev–Trinajstić information content (AvgIpc) is 2.65. The second-order valence-electron chi connectivity index (χ2n) is 5.80. The lowest BCUT2D eigenvalue weighted by Gasteiger charge is -2.33. The zero-order chi connectivity index (χ0) is 18.5. The van der Waals surface area contributed by atoms with Gasteiger partial charge in [0.15, 0.2) is 6.10 Å². The second kappa shape index (κ2) is 8.10. The number of rotatable bonds is 5. The van der Waals surface area contributed by atoms with Gasteiger partial charge in [-0.25, -0.2) is 0 Å². The van der Waals surface area contributed by atoms with E-state index in [2.05, 4.69) is 5.32 Å². The topological polar surface area (TPSA) is 67.9 Å². The molecule has 1 heterocycles. The predicted molar refractivity (Wildman–Crippen MR) is 98.8 cm³/mol. The van der Waals surface area contributed by atoms with Crippen molar-refractivity contribution in [1.82, 2.24) is 5.32 Å². The lowest BCUT2D eigenvalue weighted by molar-refractivity contribution is -0.128. The van der Waals surface area contributed by atoms with Gasteiger partial charge in [0.1, 0.15) is 18.1 Å². The van der Waals surface area contributed by atoms with E-state index in [1.165, 1.54) is 6.92 Å². The Morgan fingerprint density at radius 2 is 1.96 bits per heavy atom. The number of nitrogens with zero attached hydrogens (tertiary/aromatic N) is 1. The number of anilines is 1. The van der Waals surface area contributed by atoms with Crippen LogP contribution >= 0.6 is 11.6 Å². The molecule has 1 atom stereocenters. The van der Waals surface area contributed by atoms with Gasteiger partial charge in [-0.2, -0.15) is 0 Å². The number of para-hydroxylation sites is 2. The van der Waals surface area contributed by atoms with Crippen LogP contribution in [0.25, 0.3) is 0 Å². The number of ether oxygens (including phenoxy) is 2. The van der Waals surface area contributed by atoms with Crippen LogP contribution in [0.2, 0.25) is 5.02 Å². The SMILES string of the molecule is CC(=O)N1C[C@@H](C(=O)NCCOc2ccc(Cl)cc2)Oc2ccccc21. The van der Waals surface area contributed by atoms with E-state index in [4.69, 9.17) is 21.1 Å². The normalized spacial score (nSPS) is 15.6. The molecule has 3 rings (SSSR count). The van der Waals surface area contributed by atoms with E-state index in [9.17, 15) is 9.59 Å². The van der Waals surface area contributed by atoms with E-state index in [1.807, 2.05) is 6.07 Å². The molecule has 2 aromatic carbocycles. The van der Waals surface area contributed by atoms with Crippen molar-refractivity contribution >= 4 is 29.1 Å². The minimum Gasteiger partial charge on any atom is -0.492 e. The van der Waals surface area contributed by atoms with E-state index < -0.39 is 6.10 Å². The van der Waals surface area contributed by atoms with Crippen molar-refractivity contribution in [2.75, 3.05) is 24.6 Å². The predicted octanol–water partition coefficient (Wildman–Crippen LogP) is 2.65. The zero-order valence-electron chi connectivity index (χ0n) is 14.3. The van der Waals surface area contributed by atoms with Gasteiger partial charge in [0.25, 0.3) is 5.91 Å². The van der Waals surface area contributed by atoms with Crippen molar-refractivity contribution in [2.45, 2.75) is 13.0 Å². The number of nitrogens with one attached hydrogen (secondary N) is 1. The fraction of sp³-hybridized carbons (Fsp3) is 0.263. The zero-order valence-corrected chi connectivity index (χ0v) is 15.0. The van der Waals surface area contributed by atoms with Crippen LogP contribution in [0, 0.1) is 0 Å². The van der Waals surface area contributed by atoms with Crippen LogP contribution < -0.4 is 19.7 Å². The maximum Gasteiger partial charge on any atom is 0.263 e. The molecule has 2 amide bonds. The monoisotopic (exact) mass is 374 g/mol. The average molecular weight is 375 g/mol. The van der Waals surface area contributed by atoms with E-state index in [0.29, 0.717) is 35.4 Å². The highest BCUT2D eigenvalue weighted by Gasteiger charge is 2.32. The van der Waals surface area contributed by atoms with Crippen LogP contribution in [0.5, 0.6) is 11.5 Å². The summed E-state index contributed by atoms with van der Waals surface area (Å²) in [5.41, 5.74) is 0.676. The van der Waals surface area contributed by atoms with E-state index >= 15 is 0 Å². The first-order valence-electron chi connectivity index (χ1n) is 8.24. The molecule has 0 aliphatic carbocycles. The minimum atomic E-state index is -0.760. The number of fused-ring (bicyclic) bond motifs is 1. The van der Waals surface area contributed by atoms with Crippen LogP contribution in [-0.4, -0.2) is 37.6 Å². The minimum absolute atomic E-state index is 0.135. The molecule has 2 aromatic rings. The van der Waals surface area contributed by atoms with E-state index in [-0.39, 0.29) is 18.4 Å². The Balaban J connectivity index is 1.53. The summed E-state index contributed by atoms with van der Waals surface area (Å²) in [5.74, 6) is 0.774. The Bertz CT molecular complexity index is 794. The summed E-state index contributed by atoms with van der Waals surface area (Å²) < 4.78 is 11.3. The van der Waals surface area contributed by atoms with Crippen molar-refractivity contribution in [3.8, 4) is 11.5 Å². The Labute approximate surface area is 156 Å². The Morgan fingerprint density at radius 1 is 1.23 bits per heavy atom. The van der Waals surface area contributed by atoms with Gasteiger partial charge < -0.3 is 19.7 Å². The lowest BCUT2D eigenvalue weighted by Crippen LogP contribution is -2.50. The highest BCUT2D eigenvalue weighted by atomic mass is 35.5.